The number of aromatic nitrogens is 4. The first-order valence-electron chi connectivity index (χ1n) is 11.3. The maximum absolute atomic E-state index is 12.7. The molecule has 2 aliphatic heterocycles. The molecule has 7 nitrogen and oxygen atoms in total. The van der Waals surface area contributed by atoms with Crippen LogP contribution in [0.5, 0.6) is 0 Å². The minimum atomic E-state index is 0.0451. The number of piperidine rings is 1. The molecule has 1 aliphatic carbocycles. The first kappa shape index (κ1) is 19.4. The number of amides is 1. The Morgan fingerprint density at radius 1 is 0.967 bits per heavy atom. The van der Waals surface area contributed by atoms with E-state index >= 15 is 0 Å². The average Bonchev–Trinajstić information content (AvgIpc) is 3.53. The van der Waals surface area contributed by atoms with Crippen molar-refractivity contribution < 1.29 is 4.79 Å². The molecule has 2 aromatic rings. The smallest absolute Gasteiger partial charge is 0.228 e. The molecule has 1 saturated heterocycles. The van der Waals surface area contributed by atoms with E-state index in [0.717, 1.165) is 79.0 Å². The van der Waals surface area contributed by atoms with E-state index in [2.05, 4.69) is 11.8 Å². The van der Waals surface area contributed by atoms with E-state index in [1.54, 1.807) is 0 Å². The number of aryl methyl sites for hydroxylation is 3. The van der Waals surface area contributed by atoms with Gasteiger partial charge in [-0.1, -0.05) is 0 Å². The zero-order valence-corrected chi connectivity index (χ0v) is 18.2. The molecule has 1 unspecified atom stereocenters. The molecule has 1 amide bonds. The Hall–Kier alpha value is -2.57. The first-order valence-corrected chi connectivity index (χ1v) is 11.3. The van der Waals surface area contributed by atoms with Crippen LogP contribution in [0.2, 0.25) is 0 Å². The molecular formula is C23H30N6O. The average molecular weight is 407 g/mol. The van der Waals surface area contributed by atoms with E-state index < -0.39 is 0 Å². The molecule has 30 heavy (non-hydrogen) atoms. The predicted molar refractivity (Wildman–Crippen MR) is 116 cm³/mol. The number of fused-ring (bicyclic) bond motifs is 1. The molecular weight excluding hydrogens is 376 g/mol. The highest BCUT2D eigenvalue weighted by Gasteiger charge is 2.35. The van der Waals surface area contributed by atoms with Crippen LogP contribution in [-0.4, -0.2) is 38.9 Å². The minimum absolute atomic E-state index is 0.0451. The second kappa shape index (κ2) is 7.60. The van der Waals surface area contributed by atoms with E-state index in [1.807, 2.05) is 24.8 Å². The van der Waals surface area contributed by atoms with Gasteiger partial charge in [-0.05, 0) is 71.3 Å². The fourth-order valence-electron chi connectivity index (χ4n) is 4.77. The topological polar surface area (TPSA) is 75.1 Å². The van der Waals surface area contributed by atoms with E-state index in [-0.39, 0.29) is 11.9 Å². The maximum atomic E-state index is 12.7. The van der Waals surface area contributed by atoms with Crippen LogP contribution < -0.4 is 9.80 Å². The van der Waals surface area contributed by atoms with Crippen molar-refractivity contribution in [1.82, 2.24) is 19.9 Å². The molecule has 0 radical (unpaired) electrons. The Bertz CT molecular complexity index is 966. The van der Waals surface area contributed by atoms with Gasteiger partial charge in [0.2, 0.25) is 11.9 Å². The van der Waals surface area contributed by atoms with Gasteiger partial charge in [0.1, 0.15) is 5.82 Å². The molecule has 4 heterocycles. The molecule has 0 bridgehead atoms. The Kier molecular flexibility index (Phi) is 4.91. The fraction of sp³-hybridized carbons (Fsp3) is 0.609. The van der Waals surface area contributed by atoms with Crippen LogP contribution in [0.25, 0.3) is 0 Å². The third kappa shape index (κ3) is 3.66. The molecule has 7 heteroatoms. The van der Waals surface area contributed by atoms with Gasteiger partial charge in [-0.3, -0.25) is 9.69 Å². The van der Waals surface area contributed by atoms with Gasteiger partial charge in [0, 0.05) is 42.2 Å². The molecule has 2 fully saturated rings. The van der Waals surface area contributed by atoms with Crippen LogP contribution in [0.4, 0.5) is 11.8 Å². The van der Waals surface area contributed by atoms with Gasteiger partial charge in [-0.15, -0.1) is 0 Å². The van der Waals surface area contributed by atoms with E-state index in [9.17, 15) is 4.79 Å². The summed E-state index contributed by atoms with van der Waals surface area (Å²) in [7, 11) is 0. The monoisotopic (exact) mass is 406 g/mol. The number of rotatable bonds is 4. The molecule has 2 aromatic heterocycles. The SMILES string of the molecule is Cc1cc(C)nc(N2CCCCC2c2nc(C)c3c(n2)N(CC2CC2)C(=O)CC3)n1. The van der Waals surface area contributed by atoms with Crippen molar-refractivity contribution in [2.75, 3.05) is 22.9 Å². The second-order valence-corrected chi connectivity index (χ2v) is 9.07. The van der Waals surface area contributed by atoms with Gasteiger partial charge in [0.15, 0.2) is 5.82 Å². The highest BCUT2D eigenvalue weighted by molar-refractivity contribution is 5.95. The summed E-state index contributed by atoms with van der Waals surface area (Å²) in [6.07, 6.45) is 6.97. The molecule has 0 aromatic carbocycles. The van der Waals surface area contributed by atoms with Gasteiger partial charge >= 0.3 is 0 Å². The molecule has 1 saturated carbocycles. The van der Waals surface area contributed by atoms with Crippen molar-refractivity contribution in [3.63, 3.8) is 0 Å². The highest BCUT2D eigenvalue weighted by Crippen LogP contribution is 2.37. The summed E-state index contributed by atoms with van der Waals surface area (Å²) in [5, 5.41) is 0. The summed E-state index contributed by atoms with van der Waals surface area (Å²) >= 11 is 0. The minimum Gasteiger partial charge on any atom is -0.331 e. The second-order valence-electron chi connectivity index (χ2n) is 9.07. The third-order valence-corrected chi connectivity index (χ3v) is 6.52. The number of carbonyl (C=O) groups is 1. The normalized spacial score (nSPS) is 21.7. The van der Waals surface area contributed by atoms with Crippen molar-refractivity contribution in [3.8, 4) is 0 Å². The lowest BCUT2D eigenvalue weighted by Crippen LogP contribution is -2.40. The summed E-state index contributed by atoms with van der Waals surface area (Å²) < 4.78 is 0. The van der Waals surface area contributed by atoms with Crippen LogP contribution in [0.3, 0.4) is 0 Å². The fourth-order valence-corrected chi connectivity index (χ4v) is 4.77. The standard InChI is InChI=1S/C23H30N6O/c1-14-12-15(2)25-23(24-14)28-11-5-4-6-19(28)21-26-16(3)18-9-10-20(30)29(22(18)27-21)13-17-7-8-17/h12,17,19H,4-11,13H2,1-3H3. The van der Waals surface area contributed by atoms with Gasteiger partial charge < -0.3 is 4.90 Å². The lowest BCUT2D eigenvalue weighted by molar-refractivity contribution is -0.119. The summed E-state index contributed by atoms with van der Waals surface area (Å²) in [4.78, 5) is 36.3. The largest absolute Gasteiger partial charge is 0.331 e. The van der Waals surface area contributed by atoms with Crippen LogP contribution in [-0.2, 0) is 11.2 Å². The predicted octanol–water partition coefficient (Wildman–Crippen LogP) is 3.61. The highest BCUT2D eigenvalue weighted by atomic mass is 16.2. The lowest BCUT2D eigenvalue weighted by atomic mass is 9.99. The Balaban J connectivity index is 1.54. The number of nitrogens with zero attached hydrogens (tertiary/aromatic N) is 6. The van der Waals surface area contributed by atoms with Crippen LogP contribution >= 0.6 is 0 Å². The van der Waals surface area contributed by atoms with Gasteiger partial charge in [0.05, 0.1) is 6.04 Å². The molecule has 3 aliphatic rings. The van der Waals surface area contributed by atoms with Crippen LogP contribution in [0.15, 0.2) is 6.07 Å². The summed E-state index contributed by atoms with van der Waals surface area (Å²) in [6.45, 7) is 7.79. The molecule has 0 spiro atoms. The summed E-state index contributed by atoms with van der Waals surface area (Å²) in [5.74, 6) is 3.27. The number of carbonyl (C=O) groups excluding carboxylic acids is 1. The molecule has 5 rings (SSSR count). The van der Waals surface area contributed by atoms with Crippen molar-refractivity contribution in [1.29, 1.82) is 0 Å². The van der Waals surface area contributed by atoms with Crippen molar-refractivity contribution >= 4 is 17.7 Å². The molecule has 158 valence electrons. The zero-order chi connectivity index (χ0) is 20.8. The molecule has 1 atom stereocenters. The van der Waals surface area contributed by atoms with E-state index in [1.165, 1.54) is 12.8 Å². The Morgan fingerprint density at radius 3 is 2.47 bits per heavy atom. The number of anilines is 2. The van der Waals surface area contributed by atoms with Crippen LogP contribution in [0.1, 0.15) is 73.0 Å². The number of hydrogen-bond donors (Lipinski definition) is 0. The first-order chi connectivity index (χ1) is 14.5. The maximum Gasteiger partial charge on any atom is 0.228 e. The third-order valence-electron chi connectivity index (χ3n) is 6.52. The zero-order valence-electron chi connectivity index (χ0n) is 18.2. The van der Waals surface area contributed by atoms with Crippen molar-refractivity contribution in [2.24, 2.45) is 5.92 Å². The lowest BCUT2D eigenvalue weighted by Gasteiger charge is -2.36. The van der Waals surface area contributed by atoms with Crippen molar-refractivity contribution in [3.05, 3.63) is 34.5 Å². The van der Waals surface area contributed by atoms with Crippen LogP contribution in [0, 0.1) is 26.7 Å². The van der Waals surface area contributed by atoms with E-state index in [4.69, 9.17) is 19.9 Å². The Labute approximate surface area is 178 Å². The number of hydrogen-bond acceptors (Lipinski definition) is 6. The molecule has 0 N–H and O–H groups in total. The van der Waals surface area contributed by atoms with Crippen molar-refractivity contribution in [2.45, 2.75) is 71.8 Å². The quantitative estimate of drug-likeness (QED) is 0.772. The summed E-state index contributed by atoms with van der Waals surface area (Å²) in [5.41, 5.74) is 4.11. The van der Waals surface area contributed by atoms with Gasteiger partial charge in [0.25, 0.3) is 0 Å². The van der Waals surface area contributed by atoms with Gasteiger partial charge in [-0.2, -0.15) is 0 Å². The van der Waals surface area contributed by atoms with E-state index in [0.29, 0.717) is 12.3 Å². The Morgan fingerprint density at radius 2 is 1.73 bits per heavy atom. The van der Waals surface area contributed by atoms with Gasteiger partial charge in [-0.25, -0.2) is 19.9 Å². The summed E-state index contributed by atoms with van der Waals surface area (Å²) in [6, 6.07) is 2.05.